The highest BCUT2D eigenvalue weighted by molar-refractivity contribution is 5.81. The lowest BCUT2D eigenvalue weighted by Gasteiger charge is -2.30. The third-order valence-corrected chi connectivity index (χ3v) is 4.68. The van der Waals surface area contributed by atoms with Gasteiger partial charge in [-0.2, -0.15) is 0 Å². The van der Waals surface area contributed by atoms with Crippen molar-refractivity contribution in [2.45, 2.75) is 46.0 Å². The van der Waals surface area contributed by atoms with Crippen molar-refractivity contribution in [2.75, 3.05) is 0 Å². The number of rotatable bonds is 5. The molecule has 21 heavy (non-hydrogen) atoms. The van der Waals surface area contributed by atoms with Crippen molar-refractivity contribution >= 4 is 11.5 Å². The molecular weight excluding hydrogens is 266 g/mol. The van der Waals surface area contributed by atoms with Crippen molar-refractivity contribution < 1.29 is 9.72 Å². The van der Waals surface area contributed by atoms with E-state index in [1.807, 2.05) is 0 Å². The molecule has 2 unspecified atom stereocenters. The van der Waals surface area contributed by atoms with Crippen molar-refractivity contribution in [3.63, 3.8) is 0 Å². The van der Waals surface area contributed by atoms with Crippen molar-refractivity contribution in [1.29, 1.82) is 0 Å². The van der Waals surface area contributed by atoms with E-state index in [2.05, 4.69) is 13.8 Å². The van der Waals surface area contributed by atoms with Crippen LogP contribution < -0.4 is 0 Å². The van der Waals surface area contributed by atoms with Crippen LogP contribution in [-0.2, 0) is 11.2 Å². The van der Waals surface area contributed by atoms with Crippen molar-refractivity contribution in [3.05, 3.63) is 39.9 Å². The molecule has 1 saturated carbocycles. The molecule has 1 fully saturated rings. The number of nitro benzene ring substituents is 1. The first-order valence-electron chi connectivity index (χ1n) is 7.73. The molecule has 0 heterocycles. The topological polar surface area (TPSA) is 60.2 Å². The Morgan fingerprint density at radius 2 is 1.95 bits per heavy atom. The van der Waals surface area contributed by atoms with E-state index < -0.39 is 0 Å². The number of carbonyl (C=O) groups is 1. The standard InChI is InChI=1S/C17H23NO3/c1-12(2)14-7-10-17(19)15(11-14)6-3-13-4-8-16(9-5-13)18(20)21/h4-5,8-9,12,14-15H,3,6-7,10-11H2,1-2H3. The lowest BCUT2D eigenvalue weighted by Crippen LogP contribution is -2.27. The third kappa shape index (κ3) is 4.13. The molecule has 1 aliphatic carbocycles. The molecule has 0 aromatic heterocycles. The fourth-order valence-electron chi connectivity index (χ4n) is 3.16. The molecule has 0 N–H and O–H groups in total. The second-order valence-electron chi connectivity index (χ2n) is 6.40. The molecule has 1 aliphatic rings. The van der Waals surface area contributed by atoms with Crippen LogP contribution >= 0.6 is 0 Å². The van der Waals surface area contributed by atoms with Crippen molar-refractivity contribution in [1.82, 2.24) is 0 Å². The van der Waals surface area contributed by atoms with Gasteiger partial charge in [0.1, 0.15) is 5.78 Å². The van der Waals surface area contributed by atoms with E-state index in [0.29, 0.717) is 24.0 Å². The van der Waals surface area contributed by atoms with Gasteiger partial charge in [-0.25, -0.2) is 0 Å². The highest BCUT2D eigenvalue weighted by Crippen LogP contribution is 2.33. The van der Waals surface area contributed by atoms with Gasteiger partial charge in [0.15, 0.2) is 0 Å². The normalized spacial score (nSPS) is 22.5. The van der Waals surface area contributed by atoms with Crippen LogP contribution in [-0.4, -0.2) is 10.7 Å². The number of nitro groups is 1. The number of Topliss-reactive ketones (excluding diaryl/α,β-unsaturated/α-hetero) is 1. The van der Waals surface area contributed by atoms with Crippen LogP contribution in [0.3, 0.4) is 0 Å². The zero-order valence-electron chi connectivity index (χ0n) is 12.7. The summed E-state index contributed by atoms with van der Waals surface area (Å²) in [6, 6.07) is 6.67. The zero-order chi connectivity index (χ0) is 15.4. The Hall–Kier alpha value is -1.71. The number of non-ortho nitro benzene ring substituents is 1. The van der Waals surface area contributed by atoms with Gasteiger partial charge in [0.25, 0.3) is 5.69 Å². The van der Waals surface area contributed by atoms with Gasteiger partial charge < -0.3 is 0 Å². The van der Waals surface area contributed by atoms with Crippen molar-refractivity contribution in [3.8, 4) is 0 Å². The number of hydrogen-bond acceptors (Lipinski definition) is 3. The van der Waals surface area contributed by atoms with Crippen LogP contribution in [0.15, 0.2) is 24.3 Å². The molecule has 4 nitrogen and oxygen atoms in total. The summed E-state index contributed by atoms with van der Waals surface area (Å²) in [6.45, 7) is 4.46. The fraction of sp³-hybridized carbons (Fsp3) is 0.588. The van der Waals surface area contributed by atoms with E-state index in [0.717, 1.165) is 31.2 Å². The minimum atomic E-state index is -0.387. The molecule has 0 amide bonds. The maximum absolute atomic E-state index is 12.0. The van der Waals surface area contributed by atoms with Gasteiger partial charge in [0, 0.05) is 24.5 Å². The predicted molar refractivity (Wildman–Crippen MR) is 82.1 cm³/mol. The Morgan fingerprint density at radius 1 is 1.29 bits per heavy atom. The second-order valence-corrected chi connectivity index (χ2v) is 6.40. The van der Waals surface area contributed by atoms with Gasteiger partial charge in [-0.05, 0) is 43.1 Å². The first kappa shape index (κ1) is 15.7. The van der Waals surface area contributed by atoms with Gasteiger partial charge in [-0.1, -0.05) is 26.0 Å². The first-order valence-corrected chi connectivity index (χ1v) is 7.73. The molecule has 0 aliphatic heterocycles. The summed E-state index contributed by atoms with van der Waals surface area (Å²) >= 11 is 0. The fourth-order valence-corrected chi connectivity index (χ4v) is 3.16. The molecule has 4 heteroatoms. The van der Waals surface area contributed by atoms with Crippen LogP contribution in [0, 0.1) is 27.9 Å². The molecule has 1 aromatic carbocycles. The van der Waals surface area contributed by atoms with Gasteiger partial charge in [-0.15, -0.1) is 0 Å². The zero-order valence-corrected chi connectivity index (χ0v) is 12.7. The number of aryl methyl sites for hydroxylation is 1. The van der Waals surface area contributed by atoms with Gasteiger partial charge in [0.05, 0.1) is 4.92 Å². The average Bonchev–Trinajstić information content (AvgIpc) is 2.46. The van der Waals surface area contributed by atoms with E-state index in [-0.39, 0.29) is 16.5 Å². The van der Waals surface area contributed by atoms with Gasteiger partial charge in [-0.3, -0.25) is 14.9 Å². The van der Waals surface area contributed by atoms with E-state index in [1.54, 1.807) is 12.1 Å². The summed E-state index contributed by atoms with van der Waals surface area (Å²) in [7, 11) is 0. The maximum atomic E-state index is 12.0. The number of carbonyl (C=O) groups excluding carboxylic acids is 1. The lowest BCUT2D eigenvalue weighted by molar-refractivity contribution is -0.384. The third-order valence-electron chi connectivity index (χ3n) is 4.68. The van der Waals surface area contributed by atoms with Crippen LogP contribution in [0.4, 0.5) is 5.69 Å². The molecule has 2 atom stereocenters. The Balaban J connectivity index is 1.91. The van der Waals surface area contributed by atoms with Crippen molar-refractivity contribution in [2.24, 2.45) is 17.8 Å². The number of hydrogen-bond donors (Lipinski definition) is 0. The molecule has 1 aromatic rings. The highest BCUT2D eigenvalue weighted by Gasteiger charge is 2.29. The molecular formula is C17H23NO3. The maximum Gasteiger partial charge on any atom is 0.269 e. The van der Waals surface area contributed by atoms with Crippen LogP contribution in [0.1, 0.15) is 45.1 Å². The molecule has 2 rings (SSSR count). The summed E-state index contributed by atoms with van der Waals surface area (Å²) in [5.41, 5.74) is 1.19. The van der Waals surface area contributed by atoms with E-state index >= 15 is 0 Å². The van der Waals surface area contributed by atoms with Crippen LogP contribution in [0.5, 0.6) is 0 Å². The smallest absolute Gasteiger partial charge is 0.269 e. The largest absolute Gasteiger partial charge is 0.299 e. The molecule has 114 valence electrons. The van der Waals surface area contributed by atoms with E-state index in [1.165, 1.54) is 12.1 Å². The molecule has 0 bridgehead atoms. The predicted octanol–water partition coefficient (Wildman–Crippen LogP) is 4.17. The second kappa shape index (κ2) is 6.83. The molecule has 0 saturated heterocycles. The molecule has 0 spiro atoms. The summed E-state index contributed by atoms with van der Waals surface area (Å²) in [6.07, 6.45) is 4.43. The minimum Gasteiger partial charge on any atom is -0.299 e. The number of nitrogens with zero attached hydrogens (tertiary/aromatic N) is 1. The summed E-state index contributed by atoms with van der Waals surface area (Å²) in [5, 5.41) is 10.6. The Bertz CT molecular complexity index is 507. The lowest BCUT2D eigenvalue weighted by atomic mass is 9.74. The molecule has 0 radical (unpaired) electrons. The highest BCUT2D eigenvalue weighted by atomic mass is 16.6. The van der Waals surface area contributed by atoms with Crippen LogP contribution in [0.2, 0.25) is 0 Å². The Labute approximate surface area is 125 Å². The average molecular weight is 289 g/mol. The van der Waals surface area contributed by atoms with E-state index in [9.17, 15) is 14.9 Å². The van der Waals surface area contributed by atoms with Crippen LogP contribution in [0.25, 0.3) is 0 Å². The minimum absolute atomic E-state index is 0.118. The van der Waals surface area contributed by atoms with Gasteiger partial charge in [0.2, 0.25) is 0 Å². The van der Waals surface area contributed by atoms with E-state index in [4.69, 9.17) is 0 Å². The number of ketones is 1. The Morgan fingerprint density at radius 3 is 2.52 bits per heavy atom. The van der Waals surface area contributed by atoms with Gasteiger partial charge >= 0.3 is 0 Å². The summed E-state index contributed by atoms with van der Waals surface area (Å²) in [5.74, 6) is 1.86. The monoisotopic (exact) mass is 289 g/mol. The SMILES string of the molecule is CC(C)C1CCC(=O)C(CCc2ccc([N+](=O)[O-])cc2)C1. The quantitative estimate of drug-likeness (QED) is 0.603. The Kier molecular flexibility index (Phi) is 5.10. The summed E-state index contributed by atoms with van der Waals surface area (Å²) in [4.78, 5) is 22.3. The first-order chi connectivity index (χ1) is 9.97. The summed E-state index contributed by atoms with van der Waals surface area (Å²) < 4.78 is 0. The number of benzene rings is 1.